The van der Waals surface area contributed by atoms with Crippen LogP contribution < -0.4 is 9.80 Å². The van der Waals surface area contributed by atoms with Gasteiger partial charge in [0.05, 0.1) is 17.8 Å². The Morgan fingerprint density at radius 1 is 1.09 bits per heavy atom. The lowest BCUT2D eigenvalue weighted by molar-refractivity contribution is -0.137. The number of carbonyl (C=O) groups excluding carboxylic acids is 1. The van der Waals surface area contributed by atoms with Gasteiger partial charge in [0.2, 0.25) is 5.95 Å². The minimum Gasteiger partial charge on any atom is -0.357 e. The summed E-state index contributed by atoms with van der Waals surface area (Å²) < 4.78 is 39.4. The zero-order valence-corrected chi connectivity index (χ0v) is 19.3. The molecular weight excluding hydrogens is 431 g/mol. The van der Waals surface area contributed by atoms with Crippen LogP contribution in [-0.4, -0.2) is 53.5 Å². The minimum absolute atomic E-state index is 0.0397. The number of rotatable bonds is 4. The molecule has 4 rings (SSSR count). The smallest absolute Gasteiger partial charge is 0.357 e. The number of hydrogen-bond donors (Lipinski definition) is 0. The second-order valence-corrected chi connectivity index (χ2v) is 9.08. The van der Waals surface area contributed by atoms with E-state index in [0.717, 1.165) is 61.1 Å². The van der Waals surface area contributed by atoms with Gasteiger partial charge in [0.1, 0.15) is 5.82 Å². The van der Waals surface area contributed by atoms with Gasteiger partial charge in [-0.1, -0.05) is 6.07 Å². The van der Waals surface area contributed by atoms with Crippen LogP contribution in [0.5, 0.6) is 0 Å². The van der Waals surface area contributed by atoms with Gasteiger partial charge in [-0.15, -0.1) is 0 Å². The summed E-state index contributed by atoms with van der Waals surface area (Å²) in [5, 5.41) is 0. The Balaban J connectivity index is 1.65. The molecule has 0 bridgehead atoms. The van der Waals surface area contributed by atoms with Gasteiger partial charge < -0.3 is 14.7 Å². The van der Waals surface area contributed by atoms with Crippen LogP contribution in [0.15, 0.2) is 24.3 Å². The largest absolute Gasteiger partial charge is 0.416 e. The summed E-state index contributed by atoms with van der Waals surface area (Å²) in [6, 6.07) is 4.81. The number of aromatic nitrogens is 2. The molecule has 0 spiro atoms. The van der Waals surface area contributed by atoms with Crippen LogP contribution in [0.3, 0.4) is 0 Å². The van der Waals surface area contributed by atoms with Crippen LogP contribution in [0.25, 0.3) is 0 Å². The van der Waals surface area contributed by atoms with E-state index in [2.05, 4.69) is 23.6 Å². The van der Waals surface area contributed by atoms with Crippen molar-refractivity contribution in [3.8, 4) is 0 Å². The molecule has 33 heavy (non-hydrogen) atoms. The summed E-state index contributed by atoms with van der Waals surface area (Å²) in [6.07, 6.45) is -0.490. The van der Waals surface area contributed by atoms with E-state index in [1.54, 1.807) is 4.90 Å². The van der Waals surface area contributed by atoms with Crippen molar-refractivity contribution < 1.29 is 18.0 Å². The Bertz CT molecular complexity index is 1020. The normalized spacial score (nSPS) is 16.7. The highest BCUT2D eigenvalue weighted by Gasteiger charge is 2.33. The molecule has 2 aliphatic heterocycles. The molecule has 0 N–H and O–H groups in total. The third-order valence-corrected chi connectivity index (χ3v) is 6.50. The molecule has 3 heterocycles. The number of carbonyl (C=O) groups is 1. The Kier molecular flexibility index (Phi) is 6.50. The number of anilines is 2. The number of hydrogen-bond acceptors (Lipinski definition) is 5. The summed E-state index contributed by atoms with van der Waals surface area (Å²) in [5.74, 6) is 1.11. The fourth-order valence-corrected chi connectivity index (χ4v) is 4.34. The average molecular weight is 462 g/mol. The van der Waals surface area contributed by atoms with E-state index in [1.807, 2.05) is 7.05 Å². The molecule has 1 fully saturated rings. The van der Waals surface area contributed by atoms with Crippen molar-refractivity contribution in [2.75, 3.05) is 36.5 Å². The molecule has 178 valence electrons. The van der Waals surface area contributed by atoms with E-state index < -0.39 is 17.6 Å². The van der Waals surface area contributed by atoms with Gasteiger partial charge in [0, 0.05) is 50.3 Å². The van der Waals surface area contributed by atoms with E-state index in [0.29, 0.717) is 13.0 Å². The number of nitrogens with zero attached hydrogens (tertiary/aromatic N) is 5. The zero-order valence-electron chi connectivity index (χ0n) is 19.3. The van der Waals surface area contributed by atoms with Gasteiger partial charge in [0.25, 0.3) is 5.91 Å². The van der Waals surface area contributed by atoms with Crippen LogP contribution >= 0.6 is 0 Å². The molecule has 0 radical (unpaired) electrons. The van der Waals surface area contributed by atoms with E-state index >= 15 is 0 Å². The molecular formula is C24H30F3N5O. The van der Waals surface area contributed by atoms with E-state index in [4.69, 9.17) is 9.97 Å². The molecule has 1 saturated heterocycles. The number of halogens is 3. The van der Waals surface area contributed by atoms with Crippen LogP contribution in [0.4, 0.5) is 24.9 Å². The number of piperidine rings is 1. The van der Waals surface area contributed by atoms with Gasteiger partial charge in [0.15, 0.2) is 0 Å². The predicted octanol–water partition coefficient (Wildman–Crippen LogP) is 4.53. The molecule has 2 aliphatic rings. The van der Waals surface area contributed by atoms with E-state index in [9.17, 15) is 18.0 Å². The summed E-state index contributed by atoms with van der Waals surface area (Å²) >= 11 is 0. The summed E-state index contributed by atoms with van der Waals surface area (Å²) in [6.45, 7) is 6.70. The van der Waals surface area contributed by atoms with Gasteiger partial charge in [-0.05, 0) is 51.3 Å². The van der Waals surface area contributed by atoms with Crippen LogP contribution in [0.2, 0.25) is 0 Å². The van der Waals surface area contributed by atoms with Gasteiger partial charge in [-0.3, -0.25) is 4.79 Å². The maximum atomic E-state index is 13.1. The first kappa shape index (κ1) is 23.3. The summed E-state index contributed by atoms with van der Waals surface area (Å²) in [7, 11) is 1.97. The van der Waals surface area contributed by atoms with Gasteiger partial charge in [-0.2, -0.15) is 18.2 Å². The summed E-state index contributed by atoms with van der Waals surface area (Å²) in [5.41, 5.74) is 1.01. The summed E-state index contributed by atoms with van der Waals surface area (Å²) in [4.78, 5) is 28.8. The number of alkyl halides is 3. The number of benzene rings is 1. The highest BCUT2D eigenvalue weighted by Crippen LogP contribution is 2.32. The molecule has 1 aromatic heterocycles. The van der Waals surface area contributed by atoms with E-state index in [1.165, 1.54) is 18.6 Å². The molecule has 0 saturated carbocycles. The monoisotopic (exact) mass is 461 g/mol. The van der Waals surface area contributed by atoms with Crippen molar-refractivity contribution in [3.63, 3.8) is 0 Å². The Labute approximate surface area is 192 Å². The zero-order chi connectivity index (χ0) is 23.8. The second-order valence-electron chi connectivity index (χ2n) is 9.08. The van der Waals surface area contributed by atoms with Crippen molar-refractivity contribution in [2.24, 2.45) is 0 Å². The quantitative estimate of drug-likeness (QED) is 0.670. The Morgan fingerprint density at radius 2 is 1.82 bits per heavy atom. The molecule has 0 aliphatic carbocycles. The number of amides is 1. The molecule has 2 aromatic rings. The highest BCUT2D eigenvalue weighted by molar-refractivity contribution is 5.94. The predicted molar refractivity (Wildman–Crippen MR) is 122 cm³/mol. The Morgan fingerprint density at radius 3 is 2.48 bits per heavy atom. The molecule has 1 amide bonds. The Hall–Kier alpha value is -2.84. The maximum Gasteiger partial charge on any atom is 0.416 e. The lowest BCUT2D eigenvalue weighted by Crippen LogP contribution is -2.39. The average Bonchev–Trinajstić information content (AvgIpc) is 2.82. The maximum absolute atomic E-state index is 13.1. The highest BCUT2D eigenvalue weighted by atomic mass is 19.4. The number of fused-ring (bicyclic) bond motifs is 1. The SMILES string of the molecule is CC(C)N(C)c1nc(N2CCCCC2)nc2c1CN(C(=O)c1cccc(C(F)(F)F)c1)CC2. The van der Waals surface area contributed by atoms with Crippen LogP contribution in [0.1, 0.15) is 60.3 Å². The minimum atomic E-state index is -4.49. The van der Waals surface area contributed by atoms with Crippen LogP contribution in [0, 0.1) is 0 Å². The molecule has 6 nitrogen and oxygen atoms in total. The van der Waals surface area contributed by atoms with Crippen molar-refractivity contribution in [3.05, 3.63) is 46.6 Å². The van der Waals surface area contributed by atoms with E-state index in [-0.39, 0.29) is 18.2 Å². The molecule has 9 heteroatoms. The van der Waals surface area contributed by atoms with Gasteiger partial charge in [-0.25, -0.2) is 4.98 Å². The first-order valence-electron chi connectivity index (χ1n) is 11.5. The van der Waals surface area contributed by atoms with Crippen molar-refractivity contribution in [1.29, 1.82) is 0 Å². The molecule has 0 unspecified atom stereocenters. The topological polar surface area (TPSA) is 52.6 Å². The third kappa shape index (κ3) is 4.91. The first-order chi connectivity index (χ1) is 15.6. The lowest BCUT2D eigenvalue weighted by atomic mass is 10.0. The lowest BCUT2D eigenvalue weighted by Gasteiger charge is -2.35. The van der Waals surface area contributed by atoms with Crippen molar-refractivity contribution in [2.45, 2.75) is 58.3 Å². The molecule has 0 atom stereocenters. The standard InChI is InChI=1S/C24H30F3N5O/c1-16(2)30(3)21-19-15-32(22(33)17-8-7-9-18(14-17)24(25,26)27)13-10-20(19)28-23(29-21)31-11-5-4-6-12-31/h7-9,14,16H,4-6,10-13,15H2,1-3H3. The molecule has 1 aromatic carbocycles. The fraction of sp³-hybridized carbons (Fsp3) is 0.542. The van der Waals surface area contributed by atoms with Crippen LogP contribution in [-0.2, 0) is 19.1 Å². The van der Waals surface area contributed by atoms with Gasteiger partial charge >= 0.3 is 6.18 Å². The fourth-order valence-electron chi connectivity index (χ4n) is 4.34. The first-order valence-corrected chi connectivity index (χ1v) is 11.5. The third-order valence-electron chi connectivity index (χ3n) is 6.50. The second kappa shape index (κ2) is 9.19. The van der Waals surface area contributed by atoms with Crippen molar-refractivity contribution in [1.82, 2.24) is 14.9 Å². The van der Waals surface area contributed by atoms with Crippen molar-refractivity contribution >= 4 is 17.7 Å².